The highest BCUT2D eigenvalue weighted by molar-refractivity contribution is 7.89. The zero-order chi connectivity index (χ0) is 14.9. The summed E-state index contributed by atoms with van der Waals surface area (Å²) < 4.78 is 39.9. The molecule has 1 aliphatic rings. The number of rotatable bonds is 3. The maximum absolute atomic E-state index is 13.7. The Morgan fingerprint density at radius 3 is 2.45 bits per heavy atom. The van der Waals surface area contributed by atoms with E-state index in [1.165, 1.54) is 10.4 Å². The smallest absolute Gasteiger partial charge is 0.243 e. The van der Waals surface area contributed by atoms with E-state index < -0.39 is 22.4 Å². The first kappa shape index (κ1) is 15.7. The first-order chi connectivity index (χ1) is 9.36. The lowest BCUT2D eigenvalue weighted by molar-refractivity contribution is 0.222. The van der Waals surface area contributed by atoms with E-state index in [1.54, 1.807) is 0 Å². The maximum Gasteiger partial charge on any atom is 0.243 e. The number of nitrogens with zero attached hydrogens (tertiary/aromatic N) is 2. The second-order valence-electron chi connectivity index (χ2n) is 4.74. The minimum absolute atomic E-state index is 0.0689. The van der Waals surface area contributed by atoms with Crippen LogP contribution < -0.4 is 0 Å². The Labute approximate surface area is 122 Å². The van der Waals surface area contributed by atoms with E-state index in [1.807, 2.05) is 11.9 Å². The van der Waals surface area contributed by atoms with Crippen molar-refractivity contribution in [2.24, 2.45) is 0 Å². The number of hydrogen-bond donors (Lipinski definition) is 1. The summed E-state index contributed by atoms with van der Waals surface area (Å²) in [5.74, 6) is -0.842. The molecule has 1 N–H and O–H groups in total. The van der Waals surface area contributed by atoms with Gasteiger partial charge < -0.3 is 10.0 Å². The fourth-order valence-electron chi connectivity index (χ4n) is 2.06. The normalized spacial score (nSPS) is 18.4. The van der Waals surface area contributed by atoms with Crippen LogP contribution in [0.4, 0.5) is 4.39 Å². The van der Waals surface area contributed by atoms with Crippen LogP contribution in [0, 0.1) is 5.82 Å². The summed E-state index contributed by atoms with van der Waals surface area (Å²) in [5.41, 5.74) is 0.0689. The average molecular weight is 323 g/mol. The minimum atomic E-state index is -3.76. The molecular formula is C12H16ClFN2O3S. The van der Waals surface area contributed by atoms with Gasteiger partial charge in [0.25, 0.3) is 0 Å². The van der Waals surface area contributed by atoms with Gasteiger partial charge in [0, 0.05) is 31.7 Å². The number of benzene rings is 1. The molecule has 1 saturated heterocycles. The Morgan fingerprint density at radius 2 is 1.90 bits per heavy atom. The highest BCUT2D eigenvalue weighted by atomic mass is 35.5. The third kappa shape index (κ3) is 2.96. The molecule has 20 heavy (non-hydrogen) atoms. The quantitative estimate of drug-likeness (QED) is 0.898. The number of hydrogen-bond acceptors (Lipinski definition) is 4. The lowest BCUT2D eigenvalue weighted by Crippen LogP contribution is -2.47. The second kappa shape index (κ2) is 5.95. The summed E-state index contributed by atoms with van der Waals surface area (Å²) in [4.78, 5) is 1.85. The summed E-state index contributed by atoms with van der Waals surface area (Å²) in [6.07, 6.45) is 0. The molecule has 0 unspecified atom stereocenters. The monoisotopic (exact) mass is 322 g/mol. The molecule has 112 valence electrons. The van der Waals surface area contributed by atoms with E-state index in [0.717, 1.165) is 6.07 Å². The molecule has 0 radical (unpaired) electrons. The molecule has 0 aliphatic carbocycles. The number of piperazine rings is 1. The van der Waals surface area contributed by atoms with E-state index in [2.05, 4.69) is 0 Å². The number of aliphatic hydroxyl groups is 1. The van der Waals surface area contributed by atoms with Crippen molar-refractivity contribution in [3.63, 3.8) is 0 Å². The van der Waals surface area contributed by atoms with Crippen molar-refractivity contribution in [3.05, 3.63) is 28.5 Å². The molecule has 0 amide bonds. The van der Waals surface area contributed by atoms with Crippen LogP contribution in [-0.4, -0.2) is 56.0 Å². The molecular weight excluding hydrogens is 307 g/mol. The van der Waals surface area contributed by atoms with Gasteiger partial charge in [-0.25, -0.2) is 12.8 Å². The van der Waals surface area contributed by atoms with Crippen LogP contribution in [0.1, 0.15) is 5.56 Å². The van der Waals surface area contributed by atoms with Gasteiger partial charge in [-0.1, -0.05) is 11.6 Å². The molecule has 2 rings (SSSR count). The highest BCUT2D eigenvalue weighted by Gasteiger charge is 2.28. The van der Waals surface area contributed by atoms with Crippen LogP contribution in [0.3, 0.4) is 0 Å². The molecule has 5 nitrogen and oxygen atoms in total. The van der Waals surface area contributed by atoms with Crippen LogP contribution in [0.25, 0.3) is 0 Å². The van der Waals surface area contributed by atoms with Crippen molar-refractivity contribution in [1.29, 1.82) is 0 Å². The van der Waals surface area contributed by atoms with Crippen molar-refractivity contribution >= 4 is 21.6 Å². The molecule has 1 aliphatic heterocycles. The third-order valence-corrected chi connectivity index (χ3v) is 5.65. The molecule has 0 spiro atoms. The first-order valence-corrected chi connectivity index (χ1v) is 7.95. The van der Waals surface area contributed by atoms with Crippen LogP contribution in [-0.2, 0) is 16.6 Å². The molecule has 1 aromatic rings. The topological polar surface area (TPSA) is 60.9 Å². The summed E-state index contributed by atoms with van der Waals surface area (Å²) in [5, 5.41) is 8.87. The van der Waals surface area contributed by atoms with E-state index in [0.29, 0.717) is 26.2 Å². The van der Waals surface area contributed by atoms with E-state index in [4.69, 9.17) is 16.7 Å². The standard InChI is InChI=1S/C12H16ClFN2O3S/c1-15-2-4-16(5-3-15)20(18,19)10-6-9(8-17)12(13)11(14)7-10/h6-7,17H,2-5,8H2,1H3. The first-order valence-electron chi connectivity index (χ1n) is 6.13. The fourth-order valence-corrected chi connectivity index (χ4v) is 3.71. The Kier molecular flexibility index (Phi) is 4.66. The molecule has 8 heteroatoms. The van der Waals surface area contributed by atoms with Gasteiger partial charge in [0.15, 0.2) is 0 Å². The van der Waals surface area contributed by atoms with Crippen LogP contribution in [0.5, 0.6) is 0 Å². The largest absolute Gasteiger partial charge is 0.392 e. The predicted molar refractivity (Wildman–Crippen MR) is 73.6 cm³/mol. The summed E-state index contributed by atoms with van der Waals surface area (Å²) in [6, 6.07) is 2.12. The molecule has 0 aromatic heterocycles. The molecule has 1 aromatic carbocycles. The number of likely N-dealkylation sites (N-methyl/N-ethyl adjacent to an activating group) is 1. The van der Waals surface area contributed by atoms with Crippen LogP contribution in [0.2, 0.25) is 5.02 Å². The number of sulfonamides is 1. The van der Waals surface area contributed by atoms with E-state index in [-0.39, 0.29) is 15.5 Å². The van der Waals surface area contributed by atoms with Crippen LogP contribution >= 0.6 is 11.6 Å². The summed E-state index contributed by atoms with van der Waals surface area (Å²) in [7, 11) is -1.85. The Bertz CT molecular complexity index is 601. The lowest BCUT2D eigenvalue weighted by atomic mass is 10.2. The van der Waals surface area contributed by atoms with Gasteiger partial charge in [0.05, 0.1) is 16.5 Å². The van der Waals surface area contributed by atoms with Crippen molar-refractivity contribution in [3.8, 4) is 0 Å². The highest BCUT2D eigenvalue weighted by Crippen LogP contribution is 2.26. The Hall–Kier alpha value is -0.730. The molecule has 0 saturated carbocycles. The zero-order valence-electron chi connectivity index (χ0n) is 11.0. The van der Waals surface area contributed by atoms with Gasteiger partial charge in [-0.2, -0.15) is 4.31 Å². The van der Waals surface area contributed by atoms with Crippen molar-refractivity contribution in [1.82, 2.24) is 9.21 Å². The molecule has 1 fully saturated rings. The van der Waals surface area contributed by atoms with Gasteiger partial charge in [0.1, 0.15) is 5.82 Å². The minimum Gasteiger partial charge on any atom is -0.392 e. The average Bonchev–Trinajstić information content (AvgIpc) is 2.42. The van der Waals surface area contributed by atoms with E-state index in [9.17, 15) is 12.8 Å². The van der Waals surface area contributed by atoms with Gasteiger partial charge in [-0.3, -0.25) is 0 Å². The fraction of sp³-hybridized carbons (Fsp3) is 0.500. The Morgan fingerprint density at radius 1 is 1.30 bits per heavy atom. The van der Waals surface area contributed by atoms with Gasteiger partial charge >= 0.3 is 0 Å². The maximum atomic E-state index is 13.7. The van der Waals surface area contributed by atoms with Crippen LogP contribution in [0.15, 0.2) is 17.0 Å². The zero-order valence-corrected chi connectivity index (χ0v) is 12.6. The molecule has 0 bridgehead atoms. The molecule has 0 atom stereocenters. The SMILES string of the molecule is CN1CCN(S(=O)(=O)c2cc(F)c(Cl)c(CO)c2)CC1. The van der Waals surface area contributed by atoms with Gasteiger partial charge in [-0.15, -0.1) is 0 Å². The van der Waals surface area contributed by atoms with Gasteiger partial charge in [0.2, 0.25) is 10.0 Å². The number of aliphatic hydroxyl groups excluding tert-OH is 1. The van der Waals surface area contributed by atoms with E-state index >= 15 is 0 Å². The molecule has 1 heterocycles. The summed E-state index contributed by atoms with van der Waals surface area (Å²) in [6.45, 7) is 1.46. The van der Waals surface area contributed by atoms with Crippen molar-refractivity contribution < 1.29 is 17.9 Å². The third-order valence-electron chi connectivity index (χ3n) is 3.35. The second-order valence-corrected chi connectivity index (χ2v) is 7.06. The predicted octanol–water partition coefficient (Wildman–Crippen LogP) is 0.907. The van der Waals surface area contributed by atoms with Gasteiger partial charge in [-0.05, 0) is 19.2 Å². The van der Waals surface area contributed by atoms with Crippen molar-refractivity contribution in [2.45, 2.75) is 11.5 Å². The van der Waals surface area contributed by atoms with Crippen molar-refractivity contribution in [2.75, 3.05) is 33.2 Å². The number of halogens is 2. The summed E-state index contributed by atoms with van der Waals surface area (Å²) >= 11 is 5.67. The Balaban J connectivity index is 2.37. The lowest BCUT2D eigenvalue weighted by Gasteiger charge is -2.31.